The molecule has 3 N–H and O–H groups in total. The van der Waals surface area contributed by atoms with Gasteiger partial charge in [0.1, 0.15) is 5.75 Å². The van der Waals surface area contributed by atoms with Gasteiger partial charge in [0.05, 0.1) is 5.56 Å². The number of carbonyl (C=O) groups is 1. The van der Waals surface area contributed by atoms with Crippen molar-refractivity contribution in [2.45, 2.75) is 12.8 Å². The molecule has 0 unspecified atom stereocenters. The number of nitrogens with zero attached hydrogens (tertiary/aromatic N) is 1. The summed E-state index contributed by atoms with van der Waals surface area (Å²) in [5.74, 6) is 0.448. The van der Waals surface area contributed by atoms with Crippen LogP contribution >= 0.6 is 0 Å². The first-order valence-corrected chi connectivity index (χ1v) is 8.43. The molecule has 27 heavy (non-hydrogen) atoms. The molecule has 3 aromatic rings. The van der Waals surface area contributed by atoms with Crippen LogP contribution in [0.25, 0.3) is 0 Å². The molecule has 1 aliphatic rings. The summed E-state index contributed by atoms with van der Waals surface area (Å²) < 4.78 is 5.60. The molecule has 3 heterocycles. The maximum atomic E-state index is 12.4. The van der Waals surface area contributed by atoms with Crippen LogP contribution in [0.2, 0.25) is 0 Å². The fourth-order valence-electron chi connectivity index (χ4n) is 2.97. The molecular formula is C19H16N4O4. The van der Waals surface area contributed by atoms with E-state index < -0.39 is 11.2 Å². The molecule has 0 atom stereocenters. The zero-order valence-corrected chi connectivity index (χ0v) is 14.2. The van der Waals surface area contributed by atoms with Gasteiger partial charge in [0.25, 0.3) is 11.5 Å². The van der Waals surface area contributed by atoms with Gasteiger partial charge in [-0.1, -0.05) is 6.07 Å². The van der Waals surface area contributed by atoms with Gasteiger partial charge in [-0.25, -0.2) is 4.79 Å². The number of pyridine rings is 1. The van der Waals surface area contributed by atoms with Crippen molar-refractivity contribution in [1.82, 2.24) is 20.3 Å². The first kappa shape index (κ1) is 16.8. The van der Waals surface area contributed by atoms with Crippen molar-refractivity contribution < 1.29 is 9.53 Å². The number of hydrogen-bond donors (Lipinski definition) is 3. The zero-order valence-electron chi connectivity index (χ0n) is 14.2. The van der Waals surface area contributed by atoms with Crippen LogP contribution in [0.5, 0.6) is 11.6 Å². The molecule has 4 rings (SSSR count). The average Bonchev–Trinajstić information content (AvgIpc) is 2.67. The largest absolute Gasteiger partial charge is 0.440 e. The maximum Gasteiger partial charge on any atom is 0.328 e. The average molecular weight is 364 g/mol. The first-order valence-electron chi connectivity index (χ1n) is 8.43. The Morgan fingerprint density at radius 2 is 2.11 bits per heavy atom. The van der Waals surface area contributed by atoms with Gasteiger partial charge >= 0.3 is 5.69 Å². The lowest BCUT2D eigenvalue weighted by Gasteiger charge is -2.19. The monoisotopic (exact) mass is 364 g/mol. The molecule has 1 aromatic carbocycles. The molecule has 0 fully saturated rings. The number of aromatic amines is 2. The molecule has 8 heteroatoms. The predicted octanol–water partition coefficient (Wildman–Crippen LogP) is 1.13. The van der Waals surface area contributed by atoms with Crippen LogP contribution in [-0.2, 0) is 12.8 Å². The summed E-state index contributed by atoms with van der Waals surface area (Å²) in [6.07, 6.45) is 4.43. The van der Waals surface area contributed by atoms with E-state index >= 15 is 0 Å². The molecule has 0 radical (unpaired) electrons. The molecule has 0 bridgehead atoms. The van der Waals surface area contributed by atoms with Crippen LogP contribution in [0.15, 0.2) is 52.3 Å². The van der Waals surface area contributed by atoms with Crippen LogP contribution in [0, 0.1) is 0 Å². The second-order valence-electron chi connectivity index (χ2n) is 6.18. The van der Waals surface area contributed by atoms with Crippen molar-refractivity contribution in [3.8, 4) is 11.6 Å². The van der Waals surface area contributed by atoms with Gasteiger partial charge in [-0.15, -0.1) is 0 Å². The zero-order chi connectivity index (χ0) is 18.8. The Hall–Kier alpha value is -3.68. The van der Waals surface area contributed by atoms with Gasteiger partial charge in [-0.2, -0.15) is 0 Å². The van der Waals surface area contributed by atoms with E-state index in [9.17, 15) is 14.4 Å². The van der Waals surface area contributed by atoms with E-state index in [2.05, 4.69) is 20.3 Å². The van der Waals surface area contributed by atoms with Crippen molar-refractivity contribution in [1.29, 1.82) is 0 Å². The second kappa shape index (κ2) is 6.91. The number of nitrogens with one attached hydrogen (secondary N) is 3. The minimum Gasteiger partial charge on any atom is -0.440 e. The Bertz CT molecular complexity index is 1120. The van der Waals surface area contributed by atoms with Gasteiger partial charge in [-0.05, 0) is 36.2 Å². The SMILES string of the molecule is O=C(NCCc1cccnc1)c1ccc2c(c1)Cc1c([nH]c(=O)[nH]c1=O)O2. The topological polar surface area (TPSA) is 117 Å². The van der Waals surface area contributed by atoms with Crippen molar-refractivity contribution in [2.24, 2.45) is 0 Å². The minimum absolute atomic E-state index is 0.143. The number of ether oxygens (including phenoxy) is 1. The number of rotatable bonds is 4. The summed E-state index contributed by atoms with van der Waals surface area (Å²) in [6.45, 7) is 0.488. The molecule has 0 spiro atoms. The molecule has 8 nitrogen and oxygen atoms in total. The first-order chi connectivity index (χ1) is 13.1. The summed E-state index contributed by atoms with van der Waals surface area (Å²) in [4.78, 5) is 44.4. The van der Waals surface area contributed by atoms with Crippen molar-refractivity contribution >= 4 is 5.91 Å². The number of fused-ring (bicyclic) bond motifs is 2. The molecule has 1 amide bonds. The van der Waals surface area contributed by atoms with Gasteiger partial charge in [-0.3, -0.25) is 24.5 Å². The van der Waals surface area contributed by atoms with Crippen LogP contribution in [-0.4, -0.2) is 27.4 Å². The Morgan fingerprint density at radius 1 is 1.22 bits per heavy atom. The quantitative estimate of drug-likeness (QED) is 0.502. The standard InChI is InChI=1S/C19H16N4O4/c24-16(21-7-5-11-2-1-6-20-10-11)12-3-4-15-13(8-12)9-14-17(25)22-19(26)23-18(14)27-15/h1-4,6,8,10H,5,7,9H2,(H,21,24)(H2,22,23,25,26). The van der Waals surface area contributed by atoms with Crippen molar-refractivity contribution in [2.75, 3.05) is 6.54 Å². The highest BCUT2D eigenvalue weighted by Gasteiger charge is 2.22. The number of aromatic nitrogens is 3. The Kier molecular flexibility index (Phi) is 4.29. The third-order valence-electron chi connectivity index (χ3n) is 4.33. The van der Waals surface area contributed by atoms with Crippen LogP contribution in [0.4, 0.5) is 0 Å². The van der Waals surface area contributed by atoms with E-state index in [1.165, 1.54) is 0 Å². The predicted molar refractivity (Wildman–Crippen MR) is 97.3 cm³/mol. The second-order valence-corrected chi connectivity index (χ2v) is 6.18. The maximum absolute atomic E-state index is 12.4. The van der Waals surface area contributed by atoms with E-state index in [-0.39, 0.29) is 18.2 Å². The summed E-state index contributed by atoms with van der Waals surface area (Å²) in [5.41, 5.74) is 1.45. The van der Waals surface area contributed by atoms with Crippen LogP contribution in [0.1, 0.15) is 27.0 Å². The lowest BCUT2D eigenvalue weighted by molar-refractivity contribution is 0.0954. The van der Waals surface area contributed by atoms with Crippen LogP contribution in [0.3, 0.4) is 0 Å². The smallest absolute Gasteiger partial charge is 0.328 e. The highest BCUT2D eigenvalue weighted by atomic mass is 16.5. The van der Waals surface area contributed by atoms with Gasteiger partial charge in [0.15, 0.2) is 0 Å². The van der Waals surface area contributed by atoms with Gasteiger partial charge in [0, 0.05) is 36.5 Å². The van der Waals surface area contributed by atoms with E-state index in [4.69, 9.17) is 4.74 Å². The fraction of sp³-hybridized carbons (Fsp3) is 0.158. The fourth-order valence-corrected chi connectivity index (χ4v) is 2.97. The van der Waals surface area contributed by atoms with E-state index in [1.807, 2.05) is 12.1 Å². The summed E-state index contributed by atoms with van der Waals surface area (Å²) in [7, 11) is 0. The van der Waals surface area contributed by atoms with Crippen LogP contribution < -0.4 is 21.3 Å². The normalized spacial score (nSPS) is 11.9. The molecule has 0 aliphatic carbocycles. The summed E-state index contributed by atoms with van der Waals surface area (Å²) in [6, 6.07) is 8.81. The summed E-state index contributed by atoms with van der Waals surface area (Å²) >= 11 is 0. The van der Waals surface area contributed by atoms with E-state index in [0.717, 1.165) is 5.56 Å². The molecule has 0 saturated heterocycles. The minimum atomic E-state index is -0.619. The number of carbonyl (C=O) groups excluding carboxylic acids is 1. The molecular weight excluding hydrogens is 348 g/mol. The van der Waals surface area contributed by atoms with Crippen molar-refractivity contribution in [3.63, 3.8) is 0 Å². The highest BCUT2D eigenvalue weighted by molar-refractivity contribution is 5.94. The van der Waals surface area contributed by atoms with Crippen molar-refractivity contribution in [3.05, 3.63) is 85.8 Å². The number of hydrogen-bond acceptors (Lipinski definition) is 5. The molecule has 136 valence electrons. The molecule has 0 saturated carbocycles. The summed E-state index contributed by atoms with van der Waals surface area (Å²) in [5, 5.41) is 2.87. The third-order valence-corrected chi connectivity index (χ3v) is 4.33. The Morgan fingerprint density at radius 3 is 2.93 bits per heavy atom. The number of amides is 1. The van der Waals surface area contributed by atoms with Gasteiger partial charge < -0.3 is 10.1 Å². The Labute approximate surface area is 153 Å². The number of H-pyrrole nitrogens is 2. The molecule has 2 aromatic heterocycles. The van der Waals surface area contributed by atoms with Gasteiger partial charge in [0.2, 0.25) is 5.88 Å². The molecule has 1 aliphatic heterocycles. The van der Waals surface area contributed by atoms with E-state index in [0.29, 0.717) is 35.4 Å². The third kappa shape index (κ3) is 3.50. The van der Waals surface area contributed by atoms with E-state index in [1.54, 1.807) is 30.6 Å². The lowest BCUT2D eigenvalue weighted by Crippen LogP contribution is -2.28. The lowest BCUT2D eigenvalue weighted by atomic mass is 10.0. The Balaban J connectivity index is 1.48. The highest BCUT2D eigenvalue weighted by Crippen LogP contribution is 2.33. The number of benzene rings is 1.